The molecule has 32 heavy (non-hydrogen) atoms. The number of hydrogen-bond donors (Lipinski definition) is 4. The monoisotopic (exact) mass is 446 g/mol. The standard InChI is InChI=1S/C24H38N4O4/c1-16(2)15-26-23(30)20(12-17-8-6-5-7-9-17)27-24(25)28-22(29)14-18-13-19(31-3)10-11-21(18)32-4/h10-11,13,16-17,20H,5-9,12,14-15H2,1-4H3,(H,26,30)(H3,25,27,28,29)/t20-/m1/s1. The largest absolute Gasteiger partial charge is 0.497 e. The number of guanidine groups is 1. The summed E-state index contributed by atoms with van der Waals surface area (Å²) < 4.78 is 10.5. The van der Waals surface area contributed by atoms with Crippen LogP contribution in [-0.2, 0) is 16.0 Å². The highest BCUT2D eigenvalue weighted by atomic mass is 16.5. The van der Waals surface area contributed by atoms with Gasteiger partial charge in [0.25, 0.3) is 0 Å². The van der Waals surface area contributed by atoms with Crippen molar-refractivity contribution >= 4 is 17.8 Å². The number of carbonyl (C=O) groups is 2. The molecular weight excluding hydrogens is 408 g/mol. The van der Waals surface area contributed by atoms with Crippen molar-refractivity contribution in [1.82, 2.24) is 16.0 Å². The molecule has 8 heteroatoms. The quantitative estimate of drug-likeness (QED) is 0.326. The second-order valence-electron chi connectivity index (χ2n) is 8.85. The van der Waals surface area contributed by atoms with Crippen LogP contribution in [0.25, 0.3) is 0 Å². The molecule has 0 heterocycles. The summed E-state index contributed by atoms with van der Waals surface area (Å²) in [6.45, 7) is 4.66. The van der Waals surface area contributed by atoms with Crippen LogP contribution in [0, 0.1) is 17.2 Å². The minimum atomic E-state index is -0.545. The van der Waals surface area contributed by atoms with E-state index in [9.17, 15) is 9.59 Å². The molecule has 0 saturated heterocycles. The SMILES string of the molecule is COc1ccc(OC)c(CC(=O)NC(=N)N[C@H](CC2CCCCC2)C(=O)NCC(C)C)c1. The summed E-state index contributed by atoms with van der Waals surface area (Å²) in [7, 11) is 3.10. The van der Waals surface area contributed by atoms with Gasteiger partial charge in [0.2, 0.25) is 11.8 Å². The molecule has 1 aliphatic rings. The Balaban J connectivity index is 1.98. The molecule has 4 N–H and O–H groups in total. The molecule has 2 rings (SSSR count). The molecule has 1 aliphatic carbocycles. The van der Waals surface area contributed by atoms with E-state index in [1.165, 1.54) is 19.3 Å². The number of rotatable bonds is 10. The lowest BCUT2D eigenvalue weighted by Crippen LogP contribution is -2.52. The van der Waals surface area contributed by atoms with Crippen LogP contribution >= 0.6 is 0 Å². The molecule has 0 bridgehead atoms. The van der Waals surface area contributed by atoms with E-state index in [-0.39, 0.29) is 24.2 Å². The smallest absolute Gasteiger partial charge is 0.242 e. The Labute approximate surface area is 191 Å². The molecule has 2 amide bonds. The third-order valence-electron chi connectivity index (χ3n) is 5.72. The second-order valence-corrected chi connectivity index (χ2v) is 8.85. The zero-order valence-electron chi connectivity index (χ0n) is 19.8. The van der Waals surface area contributed by atoms with Crippen LogP contribution in [0.3, 0.4) is 0 Å². The number of methoxy groups -OCH3 is 2. The second kappa shape index (κ2) is 12.9. The minimum Gasteiger partial charge on any atom is -0.497 e. The highest BCUT2D eigenvalue weighted by Crippen LogP contribution is 2.27. The van der Waals surface area contributed by atoms with Crippen molar-refractivity contribution in [1.29, 1.82) is 5.41 Å². The first-order chi connectivity index (χ1) is 15.3. The molecule has 178 valence electrons. The normalized spacial score (nSPS) is 15.0. The molecule has 1 atom stereocenters. The Morgan fingerprint density at radius 3 is 2.47 bits per heavy atom. The van der Waals surface area contributed by atoms with Crippen LogP contribution in [0.5, 0.6) is 11.5 Å². The summed E-state index contributed by atoms with van der Waals surface area (Å²) in [6, 6.07) is 4.69. The van der Waals surface area contributed by atoms with Crippen molar-refractivity contribution in [2.75, 3.05) is 20.8 Å². The van der Waals surface area contributed by atoms with Gasteiger partial charge in [-0.1, -0.05) is 46.0 Å². The van der Waals surface area contributed by atoms with Gasteiger partial charge in [-0.3, -0.25) is 20.3 Å². The number of hydrogen-bond acceptors (Lipinski definition) is 5. The summed E-state index contributed by atoms with van der Waals surface area (Å²) in [6.07, 6.45) is 6.50. The average molecular weight is 447 g/mol. The fourth-order valence-electron chi connectivity index (χ4n) is 4.00. The van der Waals surface area contributed by atoms with Crippen LogP contribution < -0.4 is 25.4 Å². The number of ether oxygens (including phenoxy) is 2. The maximum absolute atomic E-state index is 12.8. The van der Waals surface area contributed by atoms with E-state index < -0.39 is 6.04 Å². The summed E-state index contributed by atoms with van der Waals surface area (Å²) in [5, 5.41) is 16.7. The first kappa shape index (κ1) is 25.5. The van der Waals surface area contributed by atoms with Crippen LogP contribution in [0.1, 0.15) is 57.9 Å². The molecule has 8 nitrogen and oxygen atoms in total. The molecule has 1 aromatic rings. The third kappa shape index (κ3) is 8.40. The first-order valence-corrected chi connectivity index (χ1v) is 11.5. The maximum atomic E-state index is 12.8. The first-order valence-electron chi connectivity index (χ1n) is 11.5. The molecular formula is C24H38N4O4. The van der Waals surface area contributed by atoms with E-state index in [2.05, 4.69) is 16.0 Å². The zero-order chi connectivity index (χ0) is 23.5. The topological polar surface area (TPSA) is 113 Å². The lowest BCUT2D eigenvalue weighted by atomic mass is 9.84. The number of amides is 2. The maximum Gasteiger partial charge on any atom is 0.242 e. The number of carbonyl (C=O) groups excluding carboxylic acids is 2. The zero-order valence-corrected chi connectivity index (χ0v) is 19.8. The van der Waals surface area contributed by atoms with Gasteiger partial charge in [0.05, 0.1) is 20.6 Å². The fourth-order valence-corrected chi connectivity index (χ4v) is 4.00. The van der Waals surface area contributed by atoms with Crippen molar-refractivity contribution in [2.24, 2.45) is 11.8 Å². The molecule has 1 aromatic carbocycles. The Bertz CT molecular complexity index is 775. The van der Waals surface area contributed by atoms with Crippen molar-refractivity contribution < 1.29 is 19.1 Å². The van der Waals surface area contributed by atoms with E-state index in [1.807, 2.05) is 13.8 Å². The Morgan fingerprint density at radius 1 is 1.12 bits per heavy atom. The van der Waals surface area contributed by atoms with Gasteiger partial charge < -0.3 is 20.1 Å². The highest BCUT2D eigenvalue weighted by molar-refractivity contribution is 5.98. The predicted molar refractivity (Wildman–Crippen MR) is 125 cm³/mol. The van der Waals surface area contributed by atoms with Crippen LogP contribution in [0.4, 0.5) is 0 Å². The summed E-state index contributed by atoms with van der Waals surface area (Å²) >= 11 is 0. The lowest BCUT2D eigenvalue weighted by Gasteiger charge is -2.27. The van der Waals surface area contributed by atoms with Crippen LogP contribution in [0.2, 0.25) is 0 Å². The molecule has 0 aromatic heterocycles. The van der Waals surface area contributed by atoms with Crippen LogP contribution in [0.15, 0.2) is 18.2 Å². The lowest BCUT2D eigenvalue weighted by molar-refractivity contribution is -0.123. The van der Waals surface area contributed by atoms with Gasteiger partial charge in [0.1, 0.15) is 17.5 Å². The van der Waals surface area contributed by atoms with Gasteiger partial charge in [-0.25, -0.2) is 0 Å². The fraction of sp³-hybridized carbons (Fsp3) is 0.625. The highest BCUT2D eigenvalue weighted by Gasteiger charge is 2.25. The van der Waals surface area contributed by atoms with Gasteiger partial charge >= 0.3 is 0 Å². The molecule has 0 aliphatic heterocycles. The van der Waals surface area contributed by atoms with Gasteiger partial charge in [-0.05, 0) is 36.5 Å². The molecule has 0 radical (unpaired) electrons. The van der Waals surface area contributed by atoms with Gasteiger partial charge in [0, 0.05) is 12.1 Å². The summed E-state index contributed by atoms with van der Waals surface area (Å²) in [4.78, 5) is 25.3. The molecule has 1 fully saturated rings. The van der Waals surface area contributed by atoms with Crippen molar-refractivity contribution in [3.8, 4) is 11.5 Å². The van der Waals surface area contributed by atoms with E-state index in [4.69, 9.17) is 14.9 Å². The van der Waals surface area contributed by atoms with Gasteiger partial charge in [-0.2, -0.15) is 0 Å². The van der Waals surface area contributed by atoms with Crippen molar-refractivity contribution in [3.05, 3.63) is 23.8 Å². The molecule has 1 saturated carbocycles. The Morgan fingerprint density at radius 2 is 1.84 bits per heavy atom. The number of benzene rings is 1. The van der Waals surface area contributed by atoms with E-state index in [0.717, 1.165) is 12.8 Å². The molecule has 0 unspecified atom stereocenters. The van der Waals surface area contributed by atoms with Crippen LogP contribution in [-0.4, -0.2) is 44.6 Å². The summed E-state index contributed by atoms with van der Waals surface area (Å²) in [5.74, 6) is 1.32. The Hall–Kier alpha value is -2.77. The van der Waals surface area contributed by atoms with Crippen molar-refractivity contribution in [3.63, 3.8) is 0 Å². The average Bonchev–Trinajstić information content (AvgIpc) is 2.77. The Kier molecular flexibility index (Phi) is 10.3. The third-order valence-corrected chi connectivity index (χ3v) is 5.72. The minimum absolute atomic E-state index is 0.0251. The van der Waals surface area contributed by atoms with Gasteiger partial charge in [-0.15, -0.1) is 0 Å². The van der Waals surface area contributed by atoms with Gasteiger partial charge in [0.15, 0.2) is 5.96 Å². The van der Waals surface area contributed by atoms with E-state index in [1.54, 1.807) is 32.4 Å². The summed E-state index contributed by atoms with van der Waals surface area (Å²) in [5.41, 5.74) is 0.658. The predicted octanol–water partition coefficient (Wildman–Crippen LogP) is 3.00. The van der Waals surface area contributed by atoms with E-state index in [0.29, 0.717) is 41.9 Å². The molecule has 0 spiro atoms. The number of nitrogens with one attached hydrogen (secondary N) is 4. The van der Waals surface area contributed by atoms with E-state index >= 15 is 0 Å². The van der Waals surface area contributed by atoms with Crippen molar-refractivity contribution in [2.45, 2.75) is 64.8 Å².